The molecule has 1 unspecified atom stereocenters. The summed E-state index contributed by atoms with van der Waals surface area (Å²) in [6, 6.07) is 17.1. The average molecular weight is 462 g/mol. The third-order valence-electron chi connectivity index (χ3n) is 5.47. The standard InChI is InChI=1S/C27H27NO6/c1-4-31-22-13-11-19(15-24(22)32-5-2)26(29)20-8-6-7-9-21(20)27(30)28-17(3)18-10-12-23-25(14-18)34-16-33-23/h6-15,17H,4-5,16H2,1-3H3,(H,28,30). The number of ketones is 1. The van der Waals surface area contributed by atoms with Gasteiger partial charge in [-0.15, -0.1) is 0 Å². The van der Waals surface area contributed by atoms with Gasteiger partial charge in [0.15, 0.2) is 28.8 Å². The van der Waals surface area contributed by atoms with E-state index in [0.717, 1.165) is 5.56 Å². The second-order valence-corrected chi connectivity index (χ2v) is 7.71. The molecule has 0 aromatic heterocycles. The van der Waals surface area contributed by atoms with Crippen LogP contribution in [-0.2, 0) is 0 Å². The van der Waals surface area contributed by atoms with Crippen molar-refractivity contribution in [2.45, 2.75) is 26.8 Å². The number of benzene rings is 3. The highest BCUT2D eigenvalue weighted by atomic mass is 16.7. The van der Waals surface area contributed by atoms with Gasteiger partial charge in [0.05, 0.1) is 24.8 Å². The average Bonchev–Trinajstić information content (AvgIpc) is 3.33. The summed E-state index contributed by atoms with van der Waals surface area (Å²) in [7, 11) is 0. The van der Waals surface area contributed by atoms with Gasteiger partial charge in [-0.05, 0) is 62.7 Å². The lowest BCUT2D eigenvalue weighted by molar-refractivity contribution is 0.0929. The van der Waals surface area contributed by atoms with E-state index in [9.17, 15) is 9.59 Å². The predicted octanol–water partition coefficient (Wildman–Crippen LogP) is 4.93. The van der Waals surface area contributed by atoms with Gasteiger partial charge in [0.2, 0.25) is 6.79 Å². The first kappa shape index (κ1) is 23.2. The molecule has 1 atom stereocenters. The van der Waals surface area contributed by atoms with Crippen LogP contribution in [0.5, 0.6) is 23.0 Å². The lowest BCUT2D eigenvalue weighted by Gasteiger charge is -2.17. The number of ether oxygens (including phenoxy) is 4. The monoisotopic (exact) mass is 461 g/mol. The third-order valence-corrected chi connectivity index (χ3v) is 5.47. The van der Waals surface area contributed by atoms with Crippen LogP contribution in [0.2, 0.25) is 0 Å². The van der Waals surface area contributed by atoms with E-state index >= 15 is 0 Å². The maximum absolute atomic E-state index is 13.4. The largest absolute Gasteiger partial charge is 0.490 e. The van der Waals surface area contributed by atoms with Crippen molar-refractivity contribution >= 4 is 11.7 Å². The topological polar surface area (TPSA) is 83.1 Å². The van der Waals surface area contributed by atoms with Gasteiger partial charge in [0, 0.05) is 11.1 Å². The molecular formula is C27H27NO6. The van der Waals surface area contributed by atoms with Crippen molar-refractivity contribution in [1.82, 2.24) is 5.32 Å². The Balaban J connectivity index is 1.57. The molecule has 3 aromatic carbocycles. The van der Waals surface area contributed by atoms with Crippen LogP contribution >= 0.6 is 0 Å². The molecule has 0 saturated heterocycles. The number of carbonyl (C=O) groups excluding carboxylic acids is 2. The molecule has 176 valence electrons. The summed E-state index contributed by atoms with van der Waals surface area (Å²) in [4.78, 5) is 26.5. The lowest BCUT2D eigenvalue weighted by atomic mass is 9.97. The van der Waals surface area contributed by atoms with E-state index in [0.29, 0.717) is 52.9 Å². The van der Waals surface area contributed by atoms with E-state index in [1.165, 1.54) is 0 Å². The Morgan fingerprint density at radius 3 is 2.35 bits per heavy atom. The maximum Gasteiger partial charge on any atom is 0.252 e. The number of carbonyl (C=O) groups is 2. The Hall–Kier alpha value is -4.00. The molecular weight excluding hydrogens is 434 g/mol. The van der Waals surface area contributed by atoms with E-state index in [-0.39, 0.29) is 24.5 Å². The van der Waals surface area contributed by atoms with Crippen LogP contribution in [-0.4, -0.2) is 31.7 Å². The molecule has 1 aliphatic rings. The van der Waals surface area contributed by atoms with Crippen LogP contribution in [0.1, 0.15) is 58.7 Å². The molecule has 7 nitrogen and oxygen atoms in total. The van der Waals surface area contributed by atoms with Gasteiger partial charge in [-0.2, -0.15) is 0 Å². The van der Waals surface area contributed by atoms with E-state index in [2.05, 4.69) is 5.32 Å². The van der Waals surface area contributed by atoms with Gasteiger partial charge in [0.25, 0.3) is 5.91 Å². The fourth-order valence-electron chi connectivity index (χ4n) is 3.77. The summed E-state index contributed by atoms with van der Waals surface area (Å²) in [5.41, 5.74) is 1.89. The summed E-state index contributed by atoms with van der Waals surface area (Å²) in [5.74, 6) is 1.78. The molecule has 7 heteroatoms. The summed E-state index contributed by atoms with van der Waals surface area (Å²) in [5, 5.41) is 2.98. The molecule has 1 amide bonds. The van der Waals surface area contributed by atoms with Crippen LogP contribution in [0, 0.1) is 0 Å². The normalized spacial score (nSPS) is 12.7. The van der Waals surface area contributed by atoms with Gasteiger partial charge in [-0.25, -0.2) is 0 Å². The zero-order valence-corrected chi connectivity index (χ0v) is 19.4. The van der Waals surface area contributed by atoms with Crippen molar-refractivity contribution in [3.05, 3.63) is 82.9 Å². The Morgan fingerprint density at radius 1 is 0.882 bits per heavy atom. The Bertz CT molecular complexity index is 1210. The Labute approximate surface area is 198 Å². The molecule has 0 aliphatic carbocycles. The minimum Gasteiger partial charge on any atom is -0.490 e. The SMILES string of the molecule is CCOc1ccc(C(=O)c2ccccc2C(=O)NC(C)c2ccc3c(c2)OCO3)cc1OCC. The first-order chi connectivity index (χ1) is 16.5. The van der Waals surface area contributed by atoms with Crippen molar-refractivity contribution < 1.29 is 28.5 Å². The first-order valence-corrected chi connectivity index (χ1v) is 11.3. The van der Waals surface area contributed by atoms with Crippen LogP contribution in [0.4, 0.5) is 0 Å². The van der Waals surface area contributed by atoms with E-state index < -0.39 is 0 Å². The lowest BCUT2D eigenvalue weighted by Crippen LogP contribution is -2.28. The van der Waals surface area contributed by atoms with Gasteiger partial charge in [-0.3, -0.25) is 9.59 Å². The number of hydrogen-bond donors (Lipinski definition) is 1. The second-order valence-electron chi connectivity index (χ2n) is 7.71. The van der Waals surface area contributed by atoms with Crippen molar-refractivity contribution in [2.24, 2.45) is 0 Å². The third kappa shape index (κ3) is 4.83. The fraction of sp³-hybridized carbons (Fsp3) is 0.259. The van der Waals surface area contributed by atoms with Crippen LogP contribution in [0.3, 0.4) is 0 Å². The quantitative estimate of drug-likeness (QED) is 0.455. The highest BCUT2D eigenvalue weighted by Gasteiger charge is 2.22. The molecule has 34 heavy (non-hydrogen) atoms. The first-order valence-electron chi connectivity index (χ1n) is 11.3. The molecule has 1 N–H and O–H groups in total. The molecule has 3 aromatic rings. The summed E-state index contributed by atoms with van der Waals surface area (Å²) >= 11 is 0. The molecule has 0 spiro atoms. The molecule has 0 fully saturated rings. The van der Waals surface area contributed by atoms with Gasteiger partial charge >= 0.3 is 0 Å². The molecule has 1 aliphatic heterocycles. The minimum atomic E-state index is -0.343. The molecule has 0 radical (unpaired) electrons. The number of fused-ring (bicyclic) bond motifs is 1. The Kier molecular flexibility index (Phi) is 7.01. The van der Waals surface area contributed by atoms with Crippen LogP contribution < -0.4 is 24.3 Å². The number of hydrogen-bond acceptors (Lipinski definition) is 6. The van der Waals surface area contributed by atoms with Gasteiger partial charge in [0.1, 0.15) is 0 Å². The minimum absolute atomic E-state index is 0.186. The molecule has 4 rings (SSSR count). The predicted molar refractivity (Wildman–Crippen MR) is 127 cm³/mol. The zero-order chi connectivity index (χ0) is 24.1. The summed E-state index contributed by atoms with van der Waals surface area (Å²) in [6.07, 6.45) is 0. The van der Waals surface area contributed by atoms with Crippen LogP contribution in [0.25, 0.3) is 0 Å². The fourth-order valence-corrected chi connectivity index (χ4v) is 3.77. The number of amides is 1. The zero-order valence-electron chi connectivity index (χ0n) is 19.4. The van der Waals surface area contributed by atoms with Crippen LogP contribution in [0.15, 0.2) is 60.7 Å². The molecule has 0 bridgehead atoms. The summed E-state index contributed by atoms with van der Waals surface area (Å²) in [6.45, 7) is 6.73. The van der Waals surface area contributed by atoms with Crippen molar-refractivity contribution in [2.75, 3.05) is 20.0 Å². The van der Waals surface area contributed by atoms with Crippen molar-refractivity contribution in [3.8, 4) is 23.0 Å². The summed E-state index contributed by atoms with van der Waals surface area (Å²) < 4.78 is 22.0. The number of rotatable bonds is 9. The molecule has 1 heterocycles. The number of nitrogens with one attached hydrogen (secondary N) is 1. The van der Waals surface area contributed by atoms with Crippen molar-refractivity contribution in [1.29, 1.82) is 0 Å². The highest BCUT2D eigenvalue weighted by Crippen LogP contribution is 2.34. The van der Waals surface area contributed by atoms with E-state index in [4.69, 9.17) is 18.9 Å². The van der Waals surface area contributed by atoms with E-state index in [1.807, 2.05) is 39.0 Å². The smallest absolute Gasteiger partial charge is 0.252 e. The van der Waals surface area contributed by atoms with Gasteiger partial charge in [-0.1, -0.05) is 24.3 Å². The van der Waals surface area contributed by atoms with Gasteiger partial charge < -0.3 is 24.3 Å². The van der Waals surface area contributed by atoms with E-state index in [1.54, 1.807) is 42.5 Å². The second kappa shape index (κ2) is 10.3. The van der Waals surface area contributed by atoms with Crippen molar-refractivity contribution in [3.63, 3.8) is 0 Å². The Morgan fingerprint density at radius 2 is 1.59 bits per heavy atom. The highest BCUT2D eigenvalue weighted by molar-refractivity contribution is 6.15. The molecule has 0 saturated carbocycles. The maximum atomic E-state index is 13.4.